The van der Waals surface area contributed by atoms with E-state index in [-0.39, 0.29) is 5.91 Å². The molecule has 3 aromatic carbocycles. The fourth-order valence-electron chi connectivity index (χ4n) is 3.47. The molecule has 1 amide bonds. The molecule has 1 aliphatic rings. The Bertz CT molecular complexity index is 979. The summed E-state index contributed by atoms with van der Waals surface area (Å²) in [4.78, 5) is 12.3. The number of methoxy groups -OCH3 is 1. The van der Waals surface area contributed by atoms with E-state index in [1.54, 1.807) is 7.11 Å². The van der Waals surface area contributed by atoms with Gasteiger partial charge in [0.1, 0.15) is 11.5 Å². The second-order valence-corrected chi connectivity index (χ2v) is 6.88. The van der Waals surface area contributed by atoms with Crippen LogP contribution in [0.15, 0.2) is 66.7 Å². The molecule has 4 nitrogen and oxygen atoms in total. The molecule has 0 spiro atoms. The van der Waals surface area contributed by atoms with Crippen LogP contribution in [0, 0.1) is 0 Å². The lowest BCUT2D eigenvalue weighted by molar-refractivity contribution is -0.120. The molecule has 0 saturated carbocycles. The number of hydrogen-bond acceptors (Lipinski definition) is 3. The van der Waals surface area contributed by atoms with Gasteiger partial charge in [0, 0.05) is 18.5 Å². The topological polar surface area (TPSA) is 47.6 Å². The van der Waals surface area contributed by atoms with E-state index >= 15 is 0 Å². The molecule has 0 fully saturated rings. The van der Waals surface area contributed by atoms with Crippen LogP contribution < -0.4 is 14.8 Å². The van der Waals surface area contributed by atoms with E-state index in [2.05, 4.69) is 41.7 Å². The predicted molar refractivity (Wildman–Crippen MR) is 110 cm³/mol. The first-order valence-corrected chi connectivity index (χ1v) is 9.46. The fourth-order valence-corrected chi connectivity index (χ4v) is 3.47. The van der Waals surface area contributed by atoms with Crippen LogP contribution in [0.25, 0.3) is 11.1 Å². The van der Waals surface area contributed by atoms with Crippen LogP contribution in [-0.4, -0.2) is 19.6 Å². The minimum absolute atomic E-state index is 0.0211. The lowest BCUT2D eigenvalue weighted by Crippen LogP contribution is -2.24. The zero-order valence-corrected chi connectivity index (χ0v) is 15.9. The van der Waals surface area contributed by atoms with Crippen LogP contribution in [-0.2, 0) is 24.2 Å². The number of para-hydroxylation sites is 1. The normalized spacial score (nSPS) is 12.2. The van der Waals surface area contributed by atoms with Crippen molar-refractivity contribution in [1.82, 2.24) is 5.32 Å². The number of carbonyl (C=O) groups excluding carboxylic acids is 1. The highest BCUT2D eigenvalue weighted by Crippen LogP contribution is 2.30. The smallest absolute Gasteiger partial charge is 0.224 e. The SMILES string of the molecule is COc1ccccc1CC(=O)NCc1ccc(-c2ccc3c(c2)CCO3)cc1. The molecule has 1 heterocycles. The van der Waals surface area contributed by atoms with Crippen molar-refractivity contribution < 1.29 is 14.3 Å². The quantitative estimate of drug-likeness (QED) is 0.706. The Morgan fingerprint density at radius 2 is 1.82 bits per heavy atom. The molecule has 1 aliphatic heterocycles. The molecule has 0 radical (unpaired) electrons. The average Bonchev–Trinajstić information content (AvgIpc) is 3.21. The van der Waals surface area contributed by atoms with E-state index in [0.29, 0.717) is 13.0 Å². The highest BCUT2D eigenvalue weighted by atomic mass is 16.5. The molecule has 0 aromatic heterocycles. The van der Waals surface area contributed by atoms with Crippen molar-refractivity contribution in [2.24, 2.45) is 0 Å². The van der Waals surface area contributed by atoms with Crippen molar-refractivity contribution in [1.29, 1.82) is 0 Å². The first-order valence-electron chi connectivity index (χ1n) is 9.46. The van der Waals surface area contributed by atoms with Crippen LogP contribution in [0.5, 0.6) is 11.5 Å². The summed E-state index contributed by atoms with van der Waals surface area (Å²) >= 11 is 0. The minimum Gasteiger partial charge on any atom is -0.496 e. The van der Waals surface area contributed by atoms with E-state index in [1.807, 2.05) is 30.3 Å². The van der Waals surface area contributed by atoms with Crippen molar-refractivity contribution >= 4 is 5.91 Å². The maximum absolute atomic E-state index is 12.3. The number of rotatable bonds is 6. The second-order valence-electron chi connectivity index (χ2n) is 6.88. The van der Waals surface area contributed by atoms with Gasteiger partial charge in [-0.15, -0.1) is 0 Å². The molecule has 4 heteroatoms. The fraction of sp³-hybridized carbons (Fsp3) is 0.208. The Morgan fingerprint density at radius 3 is 2.64 bits per heavy atom. The van der Waals surface area contributed by atoms with Gasteiger partial charge in [0.2, 0.25) is 5.91 Å². The third-order valence-electron chi connectivity index (χ3n) is 5.01. The highest BCUT2D eigenvalue weighted by Gasteiger charge is 2.12. The zero-order chi connectivity index (χ0) is 19.3. The minimum atomic E-state index is -0.0211. The first-order chi connectivity index (χ1) is 13.7. The van der Waals surface area contributed by atoms with E-state index in [4.69, 9.17) is 9.47 Å². The van der Waals surface area contributed by atoms with Crippen molar-refractivity contribution in [2.45, 2.75) is 19.4 Å². The number of fused-ring (bicyclic) bond motifs is 1. The summed E-state index contributed by atoms with van der Waals surface area (Å²) in [5, 5.41) is 2.98. The monoisotopic (exact) mass is 373 g/mol. The Hall–Kier alpha value is -3.27. The molecule has 0 bridgehead atoms. The number of carbonyl (C=O) groups is 1. The summed E-state index contributed by atoms with van der Waals surface area (Å²) in [6.07, 6.45) is 1.28. The van der Waals surface area contributed by atoms with Gasteiger partial charge >= 0.3 is 0 Å². The van der Waals surface area contributed by atoms with Gasteiger partial charge in [0.15, 0.2) is 0 Å². The van der Waals surface area contributed by atoms with Gasteiger partial charge in [-0.3, -0.25) is 4.79 Å². The highest BCUT2D eigenvalue weighted by molar-refractivity contribution is 5.79. The number of hydrogen-bond donors (Lipinski definition) is 1. The van der Waals surface area contributed by atoms with E-state index in [9.17, 15) is 4.79 Å². The lowest BCUT2D eigenvalue weighted by atomic mass is 10.0. The zero-order valence-electron chi connectivity index (χ0n) is 15.9. The lowest BCUT2D eigenvalue weighted by Gasteiger charge is -2.10. The molecule has 4 rings (SSSR count). The summed E-state index contributed by atoms with van der Waals surface area (Å²) in [5.74, 6) is 1.71. The average molecular weight is 373 g/mol. The van der Waals surface area contributed by atoms with Gasteiger partial charge in [-0.2, -0.15) is 0 Å². The molecular weight excluding hydrogens is 350 g/mol. The van der Waals surface area contributed by atoms with Crippen molar-refractivity contribution in [3.05, 3.63) is 83.4 Å². The van der Waals surface area contributed by atoms with Gasteiger partial charge in [-0.25, -0.2) is 0 Å². The van der Waals surface area contributed by atoms with Crippen LogP contribution in [0.4, 0.5) is 0 Å². The molecule has 142 valence electrons. The predicted octanol–water partition coefficient (Wildman–Crippen LogP) is 4.16. The largest absolute Gasteiger partial charge is 0.496 e. The third kappa shape index (κ3) is 4.01. The molecule has 0 saturated heterocycles. The van der Waals surface area contributed by atoms with E-state index in [0.717, 1.165) is 35.7 Å². The Balaban J connectivity index is 1.36. The van der Waals surface area contributed by atoms with Crippen LogP contribution in [0.2, 0.25) is 0 Å². The second kappa shape index (κ2) is 8.17. The maximum Gasteiger partial charge on any atom is 0.224 e. The summed E-state index contributed by atoms with van der Waals surface area (Å²) in [6.45, 7) is 1.28. The molecule has 0 unspecified atom stereocenters. The van der Waals surface area contributed by atoms with Crippen LogP contribution >= 0.6 is 0 Å². The molecule has 0 aliphatic carbocycles. The van der Waals surface area contributed by atoms with Crippen LogP contribution in [0.1, 0.15) is 16.7 Å². The summed E-state index contributed by atoms with van der Waals surface area (Å²) in [6, 6.07) is 22.2. The molecule has 28 heavy (non-hydrogen) atoms. The first kappa shape index (κ1) is 18.1. The summed E-state index contributed by atoms with van der Waals surface area (Å²) in [5.41, 5.74) is 5.58. The van der Waals surface area contributed by atoms with E-state index < -0.39 is 0 Å². The maximum atomic E-state index is 12.3. The standard InChI is InChI=1S/C24H23NO3/c1-27-22-5-3-2-4-20(22)15-24(26)25-16-17-6-8-18(9-7-17)19-10-11-23-21(14-19)12-13-28-23/h2-11,14H,12-13,15-16H2,1H3,(H,25,26). The van der Waals surface area contributed by atoms with E-state index in [1.165, 1.54) is 16.7 Å². The number of benzene rings is 3. The molecule has 1 N–H and O–H groups in total. The Morgan fingerprint density at radius 1 is 1.04 bits per heavy atom. The molecular formula is C24H23NO3. The summed E-state index contributed by atoms with van der Waals surface area (Å²) in [7, 11) is 1.62. The Kier molecular flexibility index (Phi) is 5.29. The van der Waals surface area contributed by atoms with Gasteiger partial charge in [0.05, 0.1) is 20.1 Å². The summed E-state index contributed by atoms with van der Waals surface area (Å²) < 4.78 is 10.9. The Labute approximate surface area is 165 Å². The van der Waals surface area contributed by atoms with Crippen molar-refractivity contribution in [2.75, 3.05) is 13.7 Å². The number of ether oxygens (including phenoxy) is 2. The van der Waals surface area contributed by atoms with Gasteiger partial charge in [-0.05, 0) is 40.5 Å². The van der Waals surface area contributed by atoms with Gasteiger partial charge in [0.25, 0.3) is 0 Å². The van der Waals surface area contributed by atoms with Gasteiger partial charge in [-0.1, -0.05) is 48.5 Å². The van der Waals surface area contributed by atoms with Crippen molar-refractivity contribution in [3.63, 3.8) is 0 Å². The number of amides is 1. The van der Waals surface area contributed by atoms with Crippen LogP contribution in [0.3, 0.4) is 0 Å². The van der Waals surface area contributed by atoms with Gasteiger partial charge < -0.3 is 14.8 Å². The number of nitrogens with one attached hydrogen (secondary N) is 1. The van der Waals surface area contributed by atoms with Crippen molar-refractivity contribution in [3.8, 4) is 22.6 Å². The molecule has 0 atom stereocenters. The third-order valence-corrected chi connectivity index (χ3v) is 5.01. The molecule has 3 aromatic rings.